The van der Waals surface area contributed by atoms with Crippen LogP contribution in [0.5, 0.6) is 0 Å². The SMILES string of the molecule is c1ccc2c(c1)oc1cc(N(c3ccc4c(c3)oc3ccccc34)c3ccc4c(c3)oc3ccc(-n5c6ccccc6c6ccccc65)cc34)ccc12. The van der Waals surface area contributed by atoms with Gasteiger partial charge in [0.1, 0.15) is 33.5 Å². The topological polar surface area (TPSA) is 47.6 Å². The molecule has 0 atom stereocenters. The van der Waals surface area contributed by atoms with Gasteiger partial charge in [0.25, 0.3) is 0 Å². The van der Waals surface area contributed by atoms with Gasteiger partial charge in [-0.2, -0.15) is 0 Å². The molecule has 0 saturated carbocycles. The lowest BCUT2D eigenvalue weighted by Crippen LogP contribution is -2.09. The summed E-state index contributed by atoms with van der Waals surface area (Å²) in [5.41, 5.74) is 11.4. The fourth-order valence-corrected chi connectivity index (χ4v) is 8.39. The highest BCUT2D eigenvalue weighted by atomic mass is 16.3. The monoisotopic (exact) mass is 680 g/mol. The minimum absolute atomic E-state index is 0.816. The van der Waals surface area contributed by atoms with E-state index in [0.29, 0.717) is 0 Å². The van der Waals surface area contributed by atoms with Gasteiger partial charge in [-0.25, -0.2) is 0 Å². The molecule has 53 heavy (non-hydrogen) atoms. The van der Waals surface area contributed by atoms with Crippen LogP contribution in [-0.2, 0) is 0 Å². The Morgan fingerprint density at radius 3 is 1.21 bits per heavy atom. The second kappa shape index (κ2) is 10.6. The molecule has 12 rings (SSSR count). The van der Waals surface area contributed by atoms with Gasteiger partial charge in [0, 0.05) is 84.0 Å². The van der Waals surface area contributed by atoms with E-state index in [-0.39, 0.29) is 0 Å². The van der Waals surface area contributed by atoms with E-state index in [4.69, 9.17) is 13.3 Å². The first-order valence-corrected chi connectivity index (χ1v) is 17.8. The Morgan fingerprint density at radius 1 is 0.302 bits per heavy atom. The van der Waals surface area contributed by atoms with Crippen molar-refractivity contribution < 1.29 is 13.3 Å². The molecule has 248 valence electrons. The van der Waals surface area contributed by atoms with Gasteiger partial charge in [-0.05, 0) is 78.9 Å². The highest BCUT2D eigenvalue weighted by molar-refractivity contribution is 6.12. The molecular weight excluding hydrogens is 653 g/mol. The van der Waals surface area contributed by atoms with E-state index in [1.165, 1.54) is 21.8 Å². The predicted octanol–water partition coefficient (Wildman–Crippen LogP) is 14.0. The first-order valence-electron chi connectivity index (χ1n) is 17.8. The van der Waals surface area contributed by atoms with Gasteiger partial charge in [-0.1, -0.05) is 72.8 Å². The highest BCUT2D eigenvalue weighted by Gasteiger charge is 2.20. The van der Waals surface area contributed by atoms with Crippen LogP contribution in [0, 0.1) is 0 Å². The summed E-state index contributed by atoms with van der Waals surface area (Å²) in [5.74, 6) is 0. The molecular formula is C48H28N2O3. The summed E-state index contributed by atoms with van der Waals surface area (Å²) in [5, 5.41) is 9.00. The lowest BCUT2D eigenvalue weighted by atomic mass is 10.1. The summed E-state index contributed by atoms with van der Waals surface area (Å²) >= 11 is 0. The van der Waals surface area contributed by atoms with Gasteiger partial charge in [-0.15, -0.1) is 0 Å². The quantitative estimate of drug-likeness (QED) is 0.186. The standard InChI is InChI=1S/C48H28N2O3/c1-5-13-41-33(9-1)34-10-2-6-14-42(34)50(41)29-20-24-45-40(25-29)39-23-19-32(28-48(39)53-45)49(30-17-21-37-35-11-3-7-15-43(35)51-46(37)26-30)31-18-22-38-36-12-4-8-16-44(36)52-47(38)27-31/h1-28H. The smallest absolute Gasteiger partial charge is 0.137 e. The minimum Gasteiger partial charge on any atom is -0.456 e. The first-order chi connectivity index (χ1) is 26.2. The van der Waals surface area contributed by atoms with Crippen LogP contribution in [0.1, 0.15) is 0 Å². The molecule has 0 fully saturated rings. The van der Waals surface area contributed by atoms with Crippen molar-refractivity contribution in [2.24, 2.45) is 0 Å². The molecule has 0 aliphatic heterocycles. The van der Waals surface area contributed by atoms with Gasteiger partial charge in [0.15, 0.2) is 0 Å². The van der Waals surface area contributed by atoms with Gasteiger partial charge in [0.2, 0.25) is 0 Å². The summed E-state index contributed by atoms with van der Waals surface area (Å²) in [7, 11) is 0. The molecule has 0 spiro atoms. The van der Waals surface area contributed by atoms with Crippen molar-refractivity contribution >= 4 is 105 Å². The first kappa shape index (κ1) is 28.5. The minimum atomic E-state index is 0.816. The molecule has 0 unspecified atom stereocenters. The summed E-state index contributed by atoms with van der Waals surface area (Å²) in [4.78, 5) is 2.25. The molecule has 4 heterocycles. The number of hydrogen-bond donors (Lipinski definition) is 0. The fraction of sp³-hybridized carbons (Fsp3) is 0. The Morgan fingerprint density at radius 2 is 0.698 bits per heavy atom. The van der Waals surface area contributed by atoms with Crippen LogP contribution >= 0.6 is 0 Å². The summed E-state index contributed by atoms with van der Waals surface area (Å²) in [6.45, 7) is 0. The van der Waals surface area contributed by atoms with Crippen molar-refractivity contribution in [1.29, 1.82) is 0 Å². The van der Waals surface area contributed by atoms with Crippen LogP contribution in [0.15, 0.2) is 183 Å². The van der Waals surface area contributed by atoms with Gasteiger partial charge < -0.3 is 22.7 Å². The maximum absolute atomic E-state index is 6.61. The maximum atomic E-state index is 6.61. The molecule has 0 bridgehead atoms. The number of furan rings is 3. The third-order valence-corrected chi connectivity index (χ3v) is 10.8. The molecule has 0 N–H and O–H groups in total. The number of para-hydroxylation sites is 4. The zero-order valence-corrected chi connectivity index (χ0v) is 28.3. The van der Waals surface area contributed by atoms with E-state index in [1.54, 1.807) is 0 Å². The average molecular weight is 681 g/mol. The van der Waals surface area contributed by atoms with Crippen LogP contribution in [0.25, 0.3) is 93.3 Å². The Labute approximate surface area is 302 Å². The van der Waals surface area contributed by atoms with Crippen LogP contribution in [-0.4, -0.2) is 4.57 Å². The maximum Gasteiger partial charge on any atom is 0.137 e. The molecule has 5 heteroatoms. The molecule has 0 aliphatic rings. The Balaban J connectivity index is 1.04. The largest absolute Gasteiger partial charge is 0.456 e. The number of hydrogen-bond acceptors (Lipinski definition) is 4. The highest BCUT2D eigenvalue weighted by Crippen LogP contribution is 2.43. The van der Waals surface area contributed by atoms with Crippen molar-refractivity contribution in [2.45, 2.75) is 0 Å². The Bertz CT molecular complexity index is 3260. The molecule has 5 nitrogen and oxygen atoms in total. The van der Waals surface area contributed by atoms with E-state index in [0.717, 1.165) is 88.6 Å². The van der Waals surface area contributed by atoms with Crippen molar-refractivity contribution in [1.82, 2.24) is 4.57 Å². The number of aromatic nitrogens is 1. The number of nitrogens with zero attached hydrogens (tertiary/aromatic N) is 2. The second-order valence-corrected chi connectivity index (χ2v) is 13.7. The molecule has 0 amide bonds. The van der Waals surface area contributed by atoms with Crippen molar-refractivity contribution in [3.8, 4) is 5.69 Å². The molecule has 12 aromatic rings. The Hall–Kier alpha value is -7.24. The lowest BCUT2D eigenvalue weighted by molar-refractivity contribution is 0.669. The summed E-state index contributed by atoms with van der Waals surface area (Å²) in [6.07, 6.45) is 0. The van der Waals surface area contributed by atoms with E-state index >= 15 is 0 Å². The third-order valence-electron chi connectivity index (χ3n) is 10.8. The fourth-order valence-electron chi connectivity index (χ4n) is 8.39. The van der Waals surface area contributed by atoms with Crippen molar-refractivity contribution in [2.75, 3.05) is 4.90 Å². The molecule has 0 radical (unpaired) electrons. The van der Waals surface area contributed by atoms with Crippen LogP contribution in [0.3, 0.4) is 0 Å². The van der Waals surface area contributed by atoms with E-state index in [9.17, 15) is 0 Å². The molecule has 4 aromatic heterocycles. The average Bonchev–Trinajstić information content (AvgIpc) is 3.96. The Kier molecular flexibility index (Phi) is 5.71. The summed E-state index contributed by atoms with van der Waals surface area (Å²) < 4.78 is 21.7. The molecule has 0 aliphatic carbocycles. The third kappa shape index (κ3) is 4.13. The zero-order chi connectivity index (χ0) is 34.6. The number of rotatable bonds is 4. The van der Waals surface area contributed by atoms with Crippen LogP contribution in [0.2, 0.25) is 0 Å². The lowest BCUT2D eigenvalue weighted by Gasteiger charge is -2.25. The van der Waals surface area contributed by atoms with Crippen LogP contribution < -0.4 is 4.90 Å². The van der Waals surface area contributed by atoms with Crippen molar-refractivity contribution in [3.63, 3.8) is 0 Å². The second-order valence-electron chi connectivity index (χ2n) is 13.7. The predicted molar refractivity (Wildman–Crippen MR) is 217 cm³/mol. The van der Waals surface area contributed by atoms with Crippen molar-refractivity contribution in [3.05, 3.63) is 170 Å². The van der Waals surface area contributed by atoms with Crippen LogP contribution in [0.4, 0.5) is 17.1 Å². The summed E-state index contributed by atoms with van der Waals surface area (Å²) in [6, 6.07) is 59.5. The van der Waals surface area contributed by atoms with Gasteiger partial charge in [-0.3, -0.25) is 0 Å². The normalized spacial score (nSPS) is 12.2. The zero-order valence-electron chi connectivity index (χ0n) is 28.3. The molecule has 8 aromatic carbocycles. The molecule has 0 saturated heterocycles. The number of benzene rings is 8. The number of anilines is 3. The van der Waals surface area contributed by atoms with Gasteiger partial charge in [0.05, 0.1) is 11.0 Å². The van der Waals surface area contributed by atoms with E-state index in [2.05, 4.69) is 155 Å². The van der Waals surface area contributed by atoms with Gasteiger partial charge >= 0.3 is 0 Å². The number of fused-ring (bicyclic) bond motifs is 12. The van der Waals surface area contributed by atoms with E-state index in [1.807, 2.05) is 24.3 Å². The van der Waals surface area contributed by atoms with E-state index < -0.39 is 0 Å².